The zero-order chi connectivity index (χ0) is 23.5. The second-order valence-electron chi connectivity index (χ2n) is 8.46. The van der Waals surface area contributed by atoms with E-state index >= 15 is 0 Å². The fourth-order valence-corrected chi connectivity index (χ4v) is 4.76. The number of nitrogens with zero attached hydrogens (tertiary/aromatic N) is 5. The molecule has 0 aliphatic carbocycles. The number of hydrogen-bond acceptors (Lipinski definition) is 6. The number of nitrogens with one attached hydrogen (secondary N) is 1. The first-order chi connectivity index (χ1) is 16.6. The highest BCUT2D eigenvalue weighted by molar-refractivity contribution is 9.10. The highest BCUT2D eigenvalue weighted by atomic mass is 79.9. The number of benzene rings is 2. The van der Waals surface area contributed by atoms with Gasteiger partial charge in [-0.15, -0.1) is 0 Å². The number of carbonyl (C=O) groups excluding carboxylic acids is 2. The third kappa shape index (κ3) is 4.89. The molecule has 1 N–H and O–H groups in total. The molecule has 2 aliphatic rings. The Bertz CT molecular complexity index is 1170. The van der Waals surface area contributed by atoms with Crippen LogP contribution in [0.25, 0.3) is 0 Å². The lowest BCUT2D eigenvalue weighted by Gasteiger charge is -2.36. The van der Waals surface area contributed by atoms with E-state index < -0.39 is 5.92 Å². The van der Waals surface area contributed by atoms with Gasteiger partial charge in [-0.1, -0.05) is 40.2 Å². The molecule has 0 saturated carbocycles. The van der Waals surface area contributed by atoms with E-state index in [9.17, 15) is 9.59 Å². The number of hydrogen-bond donors (Lipinski definition) is 1. The number of carbonyl (C=O) groups is 2. The van der Waals surface area contributed by atoms with Gasteiger partial charge in [0.2, 0.25) is 17.8 Å². The summed E-state index contributed by atoms with van der Waals surface area (Å²) in [5, 5.41) is 2.87. The Balaban J connectivity index is 1.16. The number of piperazine rings is 1. The van der Waals surface area contributed by atoms with Crippen LogP contribution in [0.5, 0.6) is 0 Å². The number of rotatable bonds is 5. The van der Waals surface area contributed by atoms with Crippen LogP contribution in [0.15, 0.2) is 71.5 Å². The van der Waals surface area contributed by atoms with Crippen molar-refractivity contribution >= 4 is 50.8 Å². The lowest BCUT2D eigenvalue weighted by atomic mass is 10.1. The van der Waals surface area contributed by atoms with Gasteiger partial charge in [-0.05, 0) is 30.3 Å². The van der Waals surface area contributed by atoms with Crippen LogP contribution in [0.3, 0.4) is 0 Å². The van der Waals surface area contributed by atoms with Crippen molar-refractivity contribution in [2.75, 3.05) is 52.7 Å². The van der Waals surface area contributed by atoms with Crippen molar-refractivity contribution in [3.05, 3.63) is 71.5 Å². The summed E-state index contributed by atoms with van der Waals surface area (Å²) < 4.78 is 0.893. The molecule has 174 valence electrons. The van der Waals surface area contributed by atoms with Crippen LogP contribution in [-0.4, -0.2) is 54.5 Å². The molecule has 8 nitrogen and oxygen atoms in total. The van der Waals surface area contributed by atoms with Crippen molar-refractivity contribution in [3.63, 3.8) is 0 Å². The summed E-state index contributed by atoms with van der Waals surface area (Å²) in [6.07, 6.45) is 3.45. The van der Waals surface area contributed by atoms with Gasteiger partial charge < -0.3 is 20.0 Å². The van der Waals surface area contributed by atoms with Gasteiger partial charge in [0.15, 0.2) is 0 Å². The topological polar surface area (TPSA) is 81.7 Å². The Morgan fingerprint density at radius 2 is 1.59 bits per heavy atom. The number of anilines is 4. The van der Waals surface area contributed by atoms with Crippen LogP contribution >= 0.6 is 15.9 Å². The molecule has 0 spiro atoms. The molecule has 2 saturated heterocycles. The minimum Gasteiger partial charge on any atom is -0.368 e. The predicted octanol–water partition coefficient (Wildman–Crippen LogP) is 3.56. The molecule has 2 aliphatic heterocycles. The van der Waals surface area contributed by atoms with Crippen LogP contribution < -0.4 is 20.0 Å². The second kappa shape index (κ2) is 9.80. The van der Waals surface area contributed by atoms with E-state index in [4.69, 9.17) is 0 Å². The minimum atomic E-state index is -0.419. The van der Waals surface area contributed by atoms with Crippen LogP contribution in [-0.2, 0) is 9.59 Å². The maximum atomic E-state index is 12.8. The monoisotopic (exact) mass is 520 g/mol. The Hall–Kier alpha value is -3.46. The third-order valence-corrected chi connectivity index (χ3v) is 6.70. The van der Waals surface area contributed by atoms with Gasteiger partial charge in [0.25, 0.3) is 0 Å². The fraction of sp³-hybridized carbons (Fsp3) is 0.280. The molecule has 0 bridgehead atoms. The largest absolute Gasteiger partial charge is 0.368 e. The molecule has 34 heavy (non-hydrogen) atoms. The molecule has 5 rings (SSSR count). The molecule has 9 heteroatoms. The van der Waals surface area contributed by atoms with Crippen LogP contribution in [0.2, 0.25) is 0 Å². The molecule has 1 atom stereocenters. The van der Waals surface area contributed by atoms with E-state index in [1.807, 2.05) is 30.3 Å². The number of amides is 2. The number of para-hydroxylation sites is 1. The van der Waals surface area contributed by atoms with Gasteiger partial charge in [0.05, 0.1) is 24.0 Å². The average molecular weight is 521 g/mol. The Morgan fingerprint density at radius 3 is 2.29 bits per heavy atom. The Kier molecular flexibility index (Phi) is 6.44. The summed E-state index contributed by atoms with van der Waals surface area (Å²) in [5.41, 5.74) is 2.55. The summed E-state index contributed by atoms with van der Waals surface area (Å²) in [4.78, 5) is 40.4. The van der Waals surface area contributed by atoms with Crippen LogP contribution in [0.1, 0.15) is 6.42 Å². The van der Waals surface area contributed by atoms with Crippen molar-refractivity contribution in [2.24, 2.45) is 5.92 Å². The summed E-state index contributed by atoms with van der Waals surface area (Å²) in [5.74, 6) is -0.0158. The SMILES string of the molecule is O=C(Nc1cnc(N2CCN(c3ccccc3)CC2)nc1)C1CC(=O)N(c2cccc(Br)c2)C1. The fourth-order valence-electron chi connectivity index (χ4n) is 4.37. The molecule has 2 amide bonds. The van der Waals surface area contributed by atoms with E-state index in [0.717, 1.165) is 36.3 Å². The predicted molar refractivity (Wildman–Crippen MR) is 136 cm³/mol. The van der Waals surface area contributed by atoms with Crippen molar-refractivity contribution in [3.8, 4) is 0 Å². The maximum Gasteiger partial charge on any atom is 0.229 e. The first-order valence-electron chi connectivity index (χ1n) is 11.3. The molecule has 2 aromatic carbocycles. The molecule has 2 fully saturated rings. The lowest BCUT2D eigenvalue weighted by Crippen LogP contribution is -2.47. The number of halogens is 1. The van der Waals surface area contributed by atoms with E-state index in [1.54, 1.807) is 17.3 Å². The lowest BCUT2D eigenvalue weighted by molar-refractivity contribution is -0.122. The maximum absolute atomic E-state index is 12.8. The van der Waals surface area contributed by atoms with E-state index in [0.29, 0.717) is 18.2 Å². The van der Waals surface area contributed by atoms with Crippen molar-refractivity contribution in [1.29, 1.82) is 0 Å². The molecular weight excluding hydrogens is 496 g/mol. The molecule has 1 aromatic heterocycles. The highest BCUT2D eigenvalue weighted by Gasteiger charge is 2.35. The Morgan fingerprint density at radius 1 is 0.912 bits per heavy atom. The van der Waals surface area contributed by atoms with Gasteiger partial charge in [-0.2, -0.15) is 0 Å². The van der Waals surface area contributed by atoms with E-state index in [2.05, 4.69) is 65.3 Å². The summed E-state index contributed by atoms with van der Waals surface area (Å²) >= 11 is 3.43. The summed E-state index contributed by atoms with van der Waals surface area (Å²) in [6, 6.07) is 17.9. The quantitative estimate of drug-likeness (QED) is 0.553. The first-order valence-corrected chi connectivity index (χ1v) is 12.1. The first kappa shape index (κ1) is 22.3. The molecule has 0 radical (unpaired) electrons. The smallest absolute Gasteiger partial charge is 0.229 e. The van der Waals surface area contributed by atoms with Gasteiger partial charge in [-0.25, -0.2) is 9.97 Å². The van der Waals surface area contributed by atoms with E-state index in [-0.39, 0.29) is 18.2 Å². The molecule has 1 unspecified atom stereocenters. The summed E-state index contributed by atoms with van der Waals surface area (Å²) in [6.45, 7) is 3.81. The second-order valence-corrected chi connectivity index (χ2v) is 9.37. The van der Waals surface area contributed by atoms with Crippen LogP contribution in [0.4, 0.5) is 23.0 Å². The zero-order valence-electron chi connectivity index (χ0n) is 18.6. The highest BCUT2D eigenvalue weighted by Crippen LogP contribution is 2.28. The number of aromatic nitrogens is 2. The van der Waals surface area contributed by atoms with Gasteiger partial charge in [0.1, 0.15) is 0 Å². The van der Waals surface area contributed by atoms with Crippen LogP contribution in [0, 0.1) is 5.92 Å². The third-order valence-electron chi connectivity index (χ3n) is 6.21. The zero-order valence-corrected chi connectivity index (χ0v) is 20.2. The van der Waals surface area contributed by atoms with Crippen molar-refractivity contribution in [1.82, 2.24) is 9.97 Å². The normalized spacial score (nSPS) is 18.3. The molecule has 3 heterocycles. The standard InChI is InChI=1S/C25H25BrN6O2/c26-19-5-4-8-22(14-19)32-17-18(13-23(32)33)24(34)29-20-15-27-25(28-16-20)31-11-9-30(10-12-31)21-6-2-1-3-7-21/h1-8,14-16,18H,9-13,17H2,(H,29,34). The van der Waals surface area contributed by atoms with E-state index in [1.165, 1.54) is 5.69 Å². The van der Waals surface area contributed by atoms with Crippen molar-refractivity contribution in [2.45, 2.75) is 6.42 Å². The molecular formula is C25H25BrN6O2. The Labute approximate surface area is 206 Å². The molecule has 3 aromatic rings. The van der Waals surface area contributed by atoms with Gasteiger partial charge >= 0.3 is 0 Å². The summed E-state index contributed by atoms with van der Waals surface area (Å²) in [7, 11) is 0. The van der Waals surface area contributed by atoms with Gasteiger partial charge in [0, 0.05) is 55.0 Å². The van der Waals surface area contributed by atoms with Crippen molar-refractivity contribution < 1.29 is 9.59 Å². The van der Waals surface area contributed by atoms with Gasteiger partial charge in [-0.3, -0.25) is 9.59 Å². The average Bonchev–Trinajstić information content (AvgIpc) is 3.27. The minimum absolute atomic E-state index is 0.0560.